The van der Waals surface area contributed by atoms with E-state index in [2.05, 4.69) is 32.0 Å². The fourth-order valence-electron chi connectivity index (χ4n) is 1.40. The van der Waals surface area contributed by atoms with Gasteiger partial charge in [0.05, 0.1) is 0 Å². The summed E-state index contributed by atoms with van der Waals surface area (Å²) in [6, 6.07) is 6.59. The number of hydrogen-bond donors (Lipinski definition) is 1. The molecule has 0 aliphatic carbocycles. The molecule has 0 heterocycles. The van der Waals surface area contributed by atoms with Crippen LogP contribution < -0.4 is 0 Å². The fraction of sp³-hybridized carbons (Fsp3) is 0.500. The predicted molar refractivity (Wildman–Crippen MR) is 55.9 cm³/mol. The normalized spacial score (nSPS) is 10.4. The van der Waals surface area contributed by atoms with Gasteiger partial charge in [0.15, 0.2) is 0 Å². The topological polar surface area (TPSA) is 20.2 Å². The van der Waals surface area contributed by atoms with Crippen molar-refractivity contribution in [3.63, 3.8) is 0 Å². The van der Waals surface area contributed by atoms with E-state index in [0.717, 1.165) is 19.3 Å². The predicted octanol–water partition coefficient (Wildman–Crippen LogP) is 2.62. The first-order chi connectivity index (χ1) is 6.24. The molecule has 0 saturated heterocycles. The van der Waals surface area contributed by atoms with Gasteiger partial charge in [0, 0.05) is 6.61 Å². The van der Waals surface area contributed by atoms with Gasteiger partial charge < -0.3 is 5.11 Å². The lowest BCUT2D eigenvalue weighted by Gasteiger charge is -2.04. The molecule has 0 aromatic heterocycles. The lowest BCUT2D eigenvalue weighted by atomic mass is 10.0. The van der Waals surface area contributed by atoms with E-state index in [9.17, 15) is 0 Å². The van der Waals surface area contributed by atoms with Crippen molar-refractivity contribution >= 4 is 0 Å². The molecule has 0 amide bonds. The zero-order chi connectivity index (χ0) is 9.68. The Morgan fingerprint density at radius 1 is 1.08 bits per heavy atom. The molecule has 0 bridgehead atoms. The van der Waals surface area contributed by atoms with Crippen LogP contribution in [0.1, 0.15) is 29.5 Å². The van der Waals surface area contributed by atoms with Gasteiger partial charge in [0.1, 0.15) is 0 Å². The molecule has 0 spiro atoms. The summed E-state index contributed by atoms with van der Waals surface area (Å²) in [6.45, 7) is 4.59. The largest absolute Gasteiger partial charge is 0.396 e. The third-order valence-electron chi connectivity index (χ3n) is 2.44. The second kappa shape index (κ2) is 5.03. The zero-order valence-electron chi connectivity index (χ0n) is 8.51. The molecule has 72 valence electrons. The number of benzene rings is 1. The van der Waals surface area contributed by atoms with Crippen molar-refractivity contribution in [2.24, 2.45) is 0 Å². The van der Waals surface area contributed by atoms with E-state index in [1.807, 2.05) is 0 Å². The highest BCUT2D eigenvalue weighted by atomic mass is 16.2. The maximum Gasteiger partial charge on any atom is 0.0431 e. The van der Waals surface area contributed by atoms with Crippen LogP contribution in [-0.2, 0) is 6.42 Å². The molecule has 0 radical (unpaired) electrons. The minimum Gasteiger partial charge on any atom is -0.396 e. The first-order valence-corrected chi connectivity index (χ1v) is 4.91. The monoisotopic (exact) mass is 178 g/mol. The van der Waals surface area contributed by atoms with E-state index in [0.29, 0.717) is 6.61 Å². The number of hydrogen-bond acceptors (Lipinski definition) is 1. The average molecular weight is 178 g/mol. The molecule has 1 heteroatoms. The van der Waals surface area contributed by atoms with Gasteiger partial charge in [-0.3, -0.25) is 0 Å². The van der Waals surface area contributed by atoms with Gasteiger partial charge in [-0.1, -0.05) is 18.2 Å². The molecule has 0 fully saturated rings. The van der Waals surface area contributed by atoms with Crippen LogP contribution in [0.15, 0.2) is 18.2 Å². The zero-order valence-corrected chi connectivity index (χ0v) is 8.51. The highest BCUT2D eigenvalue weighted by molar-refractivity contribution is 5.29. The van der Waals surface area contributed by atoms with Crippen LogP contribution in [0.25, 0.3) is 0 Å². The van der Waals surface area contributed by atoms with Crippen LogP contribution >= 0.6 is 0 Å². The summed E-state index contributed by atoms with van der Waals surface area (Å²) >= 11 is 0. The van der Waals surface area contributed by atoms with Gasteiger partial charge in [0.2, 0.25) is 0 Å². The van der Waals surface area contributed by atoms with Crippen molar-refractivity contribution in [3.05, 3.63) is 34.9 Å². The van der Waals surface area contributed by atoms with Crippen LogP contribution in [0.5, 0.6) is 0 Å². The van der Waals surface area contributed by atoms with Gasteiger partial charge >= 0.3 is 0 Å². The quantitative estimate of drug-likeness (QED) is 0.703. The maximum atomic E-state index is 8.64. The SMILES string of the molecule is Cc1ccc(CCCCO)cc1C. The number of aryl methyl sites for hydroxylation is 3. The second-order valence-corrected chi connectivity index (χ2v) is 3.60. The summed E-state index contributed by atoms with van der Waals surface area (Å²) in [5.74, 6) is 0. The lowest BCUT2D eigenvalue weighted by Crippen LogP contribution is -1.90. The van der Waals surface area contributed by atoms with Crippen molar-refractivity contribution in [2.45, 2.75) is 33.1 Å². The molecule has 1 aromatic carbocycles. The van der Waals surface area contributed by atoms with E-state index in [1.165, 1.54) is 16.7 Å². The van der Waals surface area contributed by atoms with Crippen LogP contribution in [0.2, 0.25) is 0 Å². The number of aliphatic hydroxyl groups is 1. The Morgan fingerprint density at radius 2 is 1.85 bits per heavy atom. The number of aliphatic hydroxyl groups excluding tert-OH is 1. The van der Waals surface area contributed by atoms with Crippen LogP contribution in [-0.4, -0.2) is 11.7 Å². The molecule has 0 unspecified atom stereocenters. The highest BCUT2D eigenvalue weighted by Gasteiger charge is 1.96. The Hall–Kier alpha value is -0.820. The maximum absolute atomic E-state index is 8.64. The molecule has 0 aliphatic heterocycles. The smallest absolute Gasteiger partial charge is 0.0431 e. The second-order valence-electron chi connectivity index (χ2n) is 3.60. The Morgan fingerprint density at radius 3 is 2.46 bits per heavy atom. The number of unbranched alkanes of at least 4 members (excludes halogenated alkanes) is 1. The standard InChI is InChI=1S/C12H18O/c1-10-6-7-12(9-11(10)2)5-3-4-8-13/h6-7,9,13H,3-5,8H2,1-2H3. The lowest BCUT2D eigenvalue weighted by molar-refractivity contribution is 0.284. The van der Waals surface area contributed by atoms with E-state index >= 15 is 0 Å². The van der Waals surface area contributed by atoms with Crippen LogP contribution in [0.3, 0.4) is 0 Å². The summed E-state index contributed by atoms with van der Waals surface area (Å²) in [5, 5.41) is 8.64. The van der Waals surface area contributed by atoms with Crippen molar-refractivity contribution in [3.8, 4) is 0 Å². The summed E-state index contributed by atoms with van der Waals surface area (Å²) in [4.78, 5) is 0. The first-order valence-electron chi connectivity index (χ1n) is 4.91. The molecule has 0 atom stereocenters. The Labute approximate surface area is 80.4 Å². The third-order valence-corrected chi connectivity index (χ3v) is 2.44. The van der Waals surface area contributed by atoms with E-state index in [-0.39, 0.29) is 0 Å². The van der Waals surface area contributed by atoms with Crippen LogP contribution in [0, 0.1) is 13.8 Å². The van der Waals surface area contributed by atoms with Crippen LogP contribution in [0.4, 0.5) is 0 Å². The molecular formula is C12H18O. The van der Waals surface area contributed by atoms with Crippen molar-refractivity contribution < 1.29 is 5.11 Å². The molecule has 13 heavy (non-hydrogen) atoms. The van der Waals surface area contributed by atoms with Gasteiger partial charge in [0.25, 0.3) is 0 Å². The third kappa shape index (κ3) is 3.19. The first kappa shape index (κ1) is 10.3. The van der Waals surface area contributed by atoms with Gasteiger partial charge in [-0.15, -0.1) is 0 Å². The minimum atomic E-state index is 0.310. The number of rotatable bonds is 4. The molecule has 1 N–H and O–H groups in total. The van der Waals surface area contributed by atoms with Gasteiger partial charge in [-0.25, -0.2) is 0 Å². The molecule has 1 aromatic rings. The summed E-state index contributed by atoms with van der Waals surface area (Å²) in [6.07, 6.45) is 3.08. The van der Waals surface area contributed by atoms with Crippen molar-refractivity contribution in [2.75, 3.05) is 6.61 Å². The summed E-state index contributed by atoms with van der Waals surface area (Å²) in [7, 11) is 0. The van der Waals surface area contributed by atoms with Crippen molar-refractivity contribution in [1.29, 1.82) is 0 Å². The Bertz CT molecular complexity index is 266. The average Bonchev–Trinajstić information content (AvgIpc) is 2.12. The summed E-state index contributed by atoms with van der Waals surface area (Å²) in [5.41, 5.74) is 4.10. The molecule has 1 nitrogen and oxygen atoms in total. The minimum absolute atomic E-state index is 0.310. The summed E-state index contributed by atoms with van der Waals surface area (Å²) < 4.78 is 0. The van der Waals surface area contributed by atoms with Gasteiger partial charge in [-0.2, -0.15) is 0 Å². The van der Waals surface area contributed by atoms with Gasteiger partial charge in [-0.05, 0) is 49.8 Å². The molecular weight excluding hydrogens is 160 g/mol. The van der Waals surface area contributed by atoms with Crippen molar-refractivity contribution in [1.82, 2.24) is 0 Å². The van der Waals surface area contributed by atoms with E-state index in [4.69, 9.17) is 5.11 Å². The fourth-order valence-corrected chi connectivity index (χ4v) is 1.40. The molecule has 0 aliphatic rings. The highest BCUT2D eigenvalue weighted by Crippen LogP contribution is 2.11. The Kier molecular flexibility index (Phi) is 3.97. The van der Waals surface area contributed by atoms with E-state index < -0.39 is 0 Å². The molecule has 1 rings (SSSR count). The molecule has 0 saturated carbocycles. The van der Waals surface area contributed by atoms with E-state index in [1.54, 1.807) is 0 Å². The Balaban J connectivity index is 2.53.